The van der Waals surface area contributed by atoms with Crippen LogP contribution in [0.2, 0.25) is 0 Å². The fraction of sp³-hybridized carbons (Fsp3) is 0.433. The minimum absolute atomic E-state index is 0.0679. The molecule has 0 amide bonds. The van der Waals surface area contributed by atoms with Crippen molar-refractivity contribution in [2.24, 2.45) is 0 Å². The first-order valence-electron chi connectivity index (χ1n) is 14.1. The van der Waals surface area contributed by atoms with Crippen LogP contribution >= 0.6 is 0 Å². The third-order valence-electron chi connectivity index (χ3n) is 8.25. The Morgan fingerprint density at radius 3 is 2.27 bits per heavy atom. The third-order valence-corrected chi connectivity index (χ3v) is 8.25. The quantitative estimate of drug-likeness (QED) is 0.241. The van der Waals surface area contributed by atoms with Crippen molar-refractivity contribution in [3.05, 3.63) is 78.1 Å². The molecule has 2 aliphatic heterocycles. The molecule has 216 valence electrons. The molecule has 4 N–H and O–H groups in total. The van der Waals surface area contributed by atoms with E-state index >= 15 is 0 Å². The maximum atomic E-state index is 10.8. The van der Waals surface area contributed by atoms with Gasteiger partial charge in [-0.2, -0.15) is 9.97 Å². The number of nitrogens with zero attached hydrogens (tertiary/aromatic N) is 6. The lowest BCUT2D eigenvalue weighted by Gasteiger charge is -2.23. The van der Waals surface area contributed by atoms with Crippen molar-refractivity contribution in [3.63, 3.8) is 0 Å². The van der Waals surface area contributed by atoms with Crippen molar-refractivity contribution in [2.75, 3.05) is 50.6 Å². The second kappa shape index (κ2) is 11.7. The van der Waals surface area contributed by atoms with Crippen LogP contribution in [-0.4, -0.2) is 104 Å². The van der Waals surface area contributed by atoms with Gasteiger partial charge in [-0.05, 0) is 31.6 Å². The molecule has 2 aliphatic rings. The van der Waals surface area contributed by atoms with Crippen LogP contribution in [0.15, 0.2) is 67.0 Å². The van der Waals surface area contributed by atoms with Gasteiger partial charge in [0.15, 0.2) is 23.2 Å². The summed E-state index contributed by atoms with van der Waals surface area (Å²) in [6, 6.07) is 21.1. The second-order valence-corrected chi connectivity index (χ2v) is 11.0. The van der Waals surface area contributed by atoms with Gasteiger partial charge in [0.1, 0.15) is 18.3 Å². The summed E-state index contributed by atoms with van der Waals surface area (Å²) in [4.78, 5) is 18.8. The van der Waals surface area contributed by atoms with Gasteiger partial charge in [-0.15, -0.1) is 0 Å². The first-order valence-corrected chi connectivity index (χ1v) is 14.1. The highest BCUT2D eigenvalue weighted by Gasteiger charge is 2.44. The fourth-order valence-corrected chi connectivity index (χ4v) is 5.81. The highest BCUT2D eigenvalue weighted by Crippen LogP contribution is 2.34. The van der Waals surface area contributed by atoms with E-state index in [1.54, 1.807) is 10.9 Å². The number of rotatable bonds is 9. The first kappa shape index (κ1) is 27.6. The molecule has 0 spiro atoms. The van der Waals surface area contributed by atoms with E-state index in [1.807, 2.05) is 36.4 Å². The molecule has 11 heteroatoms. The van der Waals surface area contributed by atoms with Crippen molar-refractivity contribution >= 4 is 22.9 Å². The molecule has 0 radical (unpaired) electrons. The van der Waals surface area contributed by atoms with Crippen LogP contribution in [0.4, 0.5) is 11.8 Å². The standard InChI is InChI=1S/C30H37N7O4/c1-35(2)21-13-14-36(16-21)30-33-27(31-15-22(19-9-5-3-6-10-19)20-11-7-4-8-12-20)24-28(34-30)37(18-32-24)29-26(40)25(39)23(17-38)41-29/h3-12,18,21-23,25-26,29,38-40H,13-17H2,1-2H3,(H,31,33,34)/t21-,23-,25-,26-,29-/m1/s1. The van der Waals surface area contributed by atoms with Crippen LogP contribution < -0.4 is 10.2 Å². The SMILES string of the molecule is CN(C)[C@@H]1CCN(c2nc(NCC(c3ccccc3)c3ccccc3)c3ncn([C@@H]4O[C@H](CO)[C@@H](O)[C@H]4O)c3n2)C1. The molecular formula is C30H37N7O4. The molecule has 2 saturated heterocycles. The number of aliphatic hydroxyl groups excluding tert-OH is 3. The largest absolute Gasteiger partial charge is 0.394 e. The minimum atomic E-state index is -1.25. The molecule has 0 saturated carbocycles. The molecule has 4 heterocycles. The molecule has 5 atom stereocenters. The van der Waals surface area contributed by atoms with Crippen molar-refractivity contribution in [3.8, 4) is 0 Å². The summed E-state index contributed by atoms with van der Waals surface area (Å²) >= 11 is 0. The number of likely N-dealkylation sites (N-methyl/N-ethyl adjacent to an activating group) is 1. The van der Waals surface area contributed by atoms with E-state index in [4.69, 9.17) is 14.7 Å². The van der Waals surface area contributed by atoms with Crippen LogP contribution in [0.1, 0.15) is 29.7 Å². The number of fused-ring (bicyclic) bond motifs is 1. The van der Waals surface area contributed by atoms with Gasteiger partial charge in [0.25, 0.3) is 0 Å². The van der Waals surface area contributed by atoms with Gasteiger partial charge in [-0.3, -0.25) is 4.57 Å². The predicted molar refractivity (Wildman–Crippen MR) is 156 cm³/mol. The Hall–Kier alpha value is -3.61. The Morgan fingerprint density at radius 1 is 1.00 bits per heavy atom. The molecule has 0 bridgehead atoms. The topological polar surface area (TPSA) is 132 Å². The van der Waals surface area contributed by atoms with Gasteiger partial charge in [-0.1, -0.05) is 60.7 Å². The Bertz CT molecular complexity index is 1410. The molecule has 41 heavy (non-hydrogen) atoms. The number of ether oxygens (including phenoxy) is 1. The summed E-state index contributed by atoms with van der Waals surface area (Å²) in [7, 11) is 4.16. The number of aromatic nitrogens is 4. The van der Waals surface area contributed by atoms with E-state index in [-0.39, 0.29) is 5.92 Å². The maximum absolute atomic E-state index is 10.8. The average Bonchev–Trinajstić information content (AvgIpc) is 3.73. The molecule has 2 aromatic carbocycles. The molecule has 6 rings (SSSR count). The maximum Gasteiger partial charge on any atom is 0.229 e. The number of hydrogen-bond donors (Lipinski definition) is 4. The minimum Gasteiger partial charge on any atom is -0.394 e. The summed E-state index contributed by atoms with van der Waals surface area (Å²) in [5.41, 5.74) is 3.38. The molecule has 11 nitrogen and oxygen atoms in total. The Kier molecular flexibility index (Phi) is 7.87. The van der Waals surface area contributed by atoms with Gasteiger partial charge in [0, 0.05) is 31.6 Å². The van der Waals surface area contributed by atoms with Crippen molar-refractivity contribution in [1.82, 2.24) is 24.4 Å². The van der Waals surface area contributed by atoms with E-state index in [0.29, 0.717) is 35.5 Å². The Balaban J connectivity index is 1.38. The Morgan fingerprint density at radius 2 is 1.68 bits per heavy atom. The van der Waals surface area contributed by atoms with Crippen LogP contribution in [-0.2, 0) is 4.74 Å². The molecule has 2 aromatic heterocycles. The lowest BCUT2D eigenvalue weighted by Crippen LogP contribution is -2.33. The normalized spacial score (nSPS) is 24.7. The monoisotopic (exact) mass is 559 g/mol. The molecule has 2 fully saturated rings. The van der Waals surface area contributed by atoms with E-state index < -0.39 is 31.1 Å². The molecule has 0 unspecified atom stereocenters. The summed E-state index contributed by atoms with van der Waals surface area (Å²) in [5, 5.41) is 34.3. The molecule has 4 aromatic rings. The second-order valence-electron chi connectivity index (χ2n) is 11.0. The van der Waals surface area contributed by atoms with Gasteiger partial charge in [-0.25, -0.2) is 4.98 Å². The zero-order valence-electron chi connectivity index (χ0n) is 23.3. The van der Waals surface area contributed by atoms with E-state index in [2.05, 4.69) is 58.5 Å². The van der Waals surface area contributed by atoms with Crippen molar-refractivity contribution in [2.45, 2.75) is 42.9 Å². The van der Waals surface area contributed by atoms with Crippen molar-refractivity contribution < 1.29 is 20.1 Å². The lowest BCUT2D eigenvalue weighted by molar-refractivity contribution is -0.0511. The third kappa shape index (κ3) is 5.39. The zero-order valence-corrected chi connectivity index (χ0v) is 23.3. The smallest absolute Gasteiger partial charge is 0.229 e. The number of anilines is 2. The summed E-state index contributed by atoms with van der Waals surface area (Å²) < 4.78 is 7.45. The van der Waals surface area contributed by atoms with E-state index in [0.717, 1.165) is 19.5 Å². The molecule has 0 aliphatic carbocycles. The van der Waals surface area contributed by atoms with E-state index in [1.165, 1.54) is 11.1 Å². The van der Waals surface area contributed by atoms with Gasteiger partial charge in [0.05, 0.1) is 12.9 Å². The lowest BCUT2D eigenvalue weighted by atomic mass is 9.91. The highest BCUT2D eigenvalue weighted by molar-refractivity contribution is 5.84. The highest BCUT2D eigenvalue weighted by atomic mass is 16.6. The number of aliphatic hydroxyl groups is 3. The number of benzene rings is 2. The fourth-order valence-electron chi connectivity index (χ4n) is 5.81. The van der Waals surface area contributed by atoms with Crippen LogP contribution in [0.25, 0.3) is 11.2 Å². The Labute approximate surface area is 239 Å². The first-order chi connectivity index (χ1) is 19.9. The number of hydrogen-bond acceptors (Lipinski definition) is 10. The van der Waals surface area contributed by atoms with Gasteiger partial charge >= 0.3 is 0 Å². The van der Waals surface area contributed by atoms with Crippen LogP contribution in [0.3, 0.4) is 0 Å². The average molecular weight is 560 g/mol. The van der Waals surface area contributed by atoms with E-state index in [9.17, 15) is 15.3 Å². The summed E-state index contributed by atoms with van der Waals surface area (Å²) in [6.45, 7) is 1.76. The van der Waals surface area contributed by atoms with Crippen LogP contribution in [0, 0.1) is 0 Å². The summed E-state index contributed by atoms with van der Waals surface area (Å²) in [5.74, 6) is 1.22. The van der Waals surface area contributed by atoms with Gasteiger partial charge in [0.2, 0.25) is 5.95 Å². The van der Waals surface area contributed by atoms with Gasteiger partial charge < -0.3 is 35.2 Å². The predicted octanol–water partition coefficient (Wildman–Crippen LogP) is 1.82. The number of imidazole rings is 1. The summed E-state index contributed by atoms with van der Waals surface area (Å²) in [6.07, 6.45) is -1.77. The zero-order chi connectivity index (χ0) is 28.5. The van der Waals surface area contributed by atoms with Crippen molar-refractivity contribution in [1.29, 1.82) is 0 Å². The molecular weight excluding hydrogens is 522 g/mol. The number of nitrogens with one attached hydrogen (secondary N) is 1. The van der Waals surface area contributed by atoms with Crippen LogP contribution in [0.5, 0.6) is 0 Å².